The molecule has 30 heavy (non-hydrogen) atoms. The average molecular weight is 395 g/mol. The SMILES string of the molecule is Cc1cc(C)c(-[n+]2ccc(-c3cc[n+](-c4c(C)cc(C)cc4C)cc3)cc2)c(C)c1. The maximum atomic E-state index is 2.24. The fourth-order valence-corrected chi connectivity index (χ4v) is 4.70. The van der Waals surface area contributed by atoms with Gasteiger partial charge in [-0.2, -0.15) is 9.13 Å². The minimum atomic E-state index is 1.22. The predicted octanol–water partition coefficient (Wildman–Crippen LogP) is 5.76. The molecule has 150 valence electrons. The quantitative estimate of drug-likeness (QED) is 0.391. The summed E-state index contributed by atoms with van der Waals surface area (Å²) in [5, 5.41) is 0. The second-order valence-corrected chi connectivity index (χ2v) is 8.48. The first kappa shape index (κ1) is 20.0. The van der Waals surface area contributed by atoms with Gasteiger partial charge >= 0.3 is 0 Å². The molecule has 0 aliphatic carbocycles. The van der Waals surface area contributed by atoms with Gasteiger partial charge in [-0.3, -0.25) is 0 Å². The number of rotatable bonds is 3. The third-order valence-electron chi connectivity index (χ3n) is 5.78. The van der Waals surface area contributed by atoms with Crippen LogP contribution in [0.25, 0.3) is 22.5 Å². The van der Waals surface area contributed by atoms with E-state index in [0.717, 1.165) is 0 Å². The third-order valence-corrected chi connectivity index (χ3v) is 5.78. The minimum absolute atomic E-state index is 1.22. The van der Waals surface area contributed by atoms with E-state index in [4.69, 9.17) is 0 Å². The van der Waals surface area contributed by atoms with E-state index in [1.54, 1.807) is 0 Å². The molecule has 0 aliphatic heterocycles. The Labute approximate surface area is 180 Å². The van der Waals surface area contributed by atoms with Crippen LogP contribution in [0.2, 0.25) is 0 Å². The van der Waals surface area contributed by atoms with Crippen molar-refractivity contribution in [2.75, 3.05) is 0 Å². The van der Waals surface area contributed by atoms with E-state index in [0.29, 0.717) is 0 Å². The summed E-state index contributed by atoms with van der Waals surface area (Å²) in [4.78, 5) is 0. The highest BCUT2D eigenvalue weighted by Gasteiger charge is 2.16. The van der Waals surface area contributed by atoms with Gasteiger partial charge in [0.15, 0.2) is 24.8 Å². The first-order valence-corrected chi connectivity index (χ1v) is 10.5. The molecule has 0 bridgehead atoms. The Morgan fingerprint density at radius 1 is 0.433 bits per heavy atom. The average Bonchev–Trinajstić information content (AvgIpc) is 2.67. The highest BCUT2D eigenvalue weighted by Crippen LogP contribution is 2.21. The standard InChI is InChI=1S/C28H30N2/c1-19-15-21(3)27(22(4)16-19)29-11-7-25(8-12-29)26-9-13-30(14-10-26)28-23(5)17-20(2)18-24(28)6/h7-18H,1-6H3/q+2. The first-order valence-electron chi connectivity index (χ1n) is 10.5. The molecule has 0 saturated heterocycles. The Morgan fingerprint density at radius 2 is 0.700 bits per heavy atom. The smallest absolute Gasteiger partial charge is 0.167 e. The van der Waals surface area contributed by atoms with Crippen molar-refractivity contribution in [3.8, 4) is 22.5 Å². The zero-order valence-corrected chi connectivity index (χ0v) is 18.8. The molecule has 2 aromatic heterocycles. The van der Waals surface area contributed by atoms with Gasteiger partial charge in [-0.25, -0.2) is 0 Å². The van der Waals surface area contributed by atoms with Crippen molar-refractivity contribution >= 4 is 0 Å². The molecule has 0 atom stereocenters. The minimum Gasteiger partial charge on any atom is -0.167 e. The lowest BCUT2D eigenvalue weighted by Gasteiger charge is -2.08. The van der Waals surface area contributed by atoms with Crippen LogP contribution in [0.15, 0.2) is 73.3 Å². The molecule has 0 saturated carbocycles. The third kappa shape index (κ3) is 3.78. The molecule has 0 radical (unpaired) electrons. The van der Waals surface area contributed by atoms with Crippen LogP contribution in [0.1, 0.15) is 33.4 Å². The topological polar surface area (TPSA) is 7.76 Å². The number of pyridine rings is 2. The van der Waals surface area contributed by atoms with Crippen LogP contribution in [0.4, 0.5) is 0 Å². The number of benzene rings is 2. The summed E-state index contributed by atoms with van der Waals surface area (Å²) in [5.74, 6) is 0. The van der Waals surface area contributed by atoms with E-state index in [9.17, 15) is 0 Å². The van der Waals surface area contributed by atoms with Crippen LogP contribution in [0.5, 0.6) is 0 Å². The molecule has 2 nitrogen and oxygen atoms in total. The maximum absolute atomic E-state index is 2.24. The molecule has 4 aromatic rings. The molecule has 0 amide bonds. The monoisotopic (exact) mass is 394 g/mol. The van der Waals surface area contributed by atoms with Crippen LogP contribution >= 0.6 is 0 Å². The lowest BCUT2D eigenvalue weighted by atomic mass is 10.0. The summed E-state index contributed by atoms with van der Waals surface area (Å²) >= 11 is 0. The van der Waals surface area contributed by atoms with Gasteiger partial charge in [-0.05, 0) is 76.9 Å². The highest BCUT2D eigenvalue weighted by molar-refractivity contribution is 5.61. The normalized spacial score (nSPS) is 11.0. The molecule has 4 rings (SSSR count). The second kappa shape index (κ2) is 7.87. The number of aryl methyl sites for hydroxylation is 6. The molecular formula is C28H30N2+2. The van der Waals surface area contributed by atoms with Crippen molar-refractivity contribution in [3.05, 3.63) is 107 Å². The van der Waals surface area contributed by atoms with Crippen LogP contribution in [0.3, 0.4) is 0 Å². The highest BCUT2D eigenvalue weighted by atomic mass is 14.9. The molecule has 2 heteroatoms. The predicted molar refractivity (Wildman–Crippen MR) is 123 cm³/mol. The van der Waals surface area contributed by atoms with Crippen LogP contribution in [0, 0.1) is 41.5 Å². The van der Waals surface area contributed by atoms with Crippen molar-refractivity contribution in [1.29, 1.82) is 0 Å². The number of hydrogen-bond acceptors (Lipinski definition) is 0. The van der Waals surface area contributed by atoms with Crippen LogP contribution in [-0.2, 0) is 0 Å². The van der Waals surface area contributed by atoms with Gasteiger partial charge in [0.2, 0.25) is 11.4 Å². The molecule has 2 heterocycles. The first-order chi connectivity index (χ1) is 14.3. The summed E-state index contributed by atoms with van der Waals surface area (Å²) in [6.45, 7) is 13.0. The fourth-order valence-electron chi connectivity index (χ4n) is 4.70. The van der Waals surface area contributed by atoms with E-state index in [2.05, 4.69) is 124 Å². The molecule has 0 spiro atoms. The van der Waals surface area contributed by atoms with Crippen LogP contribution in [-0.4, -0.2) is 0 Å². The second-order valence-electron chi connectivity index (χ2n) is 8.48. The lowest BCUT2D eigenvalue weighted by molar-refractivity contribution is -0.597. The zero-order valence-electron chi connectivity index (χ0n) is 18.8. The summed E-state index contributed by atoms with van der Waals surface area (Å²) in [6.07, 6.45) is 8.65. The zero-order chi connectivity index (χ0) is 21.4. The Morgan fingerprint density at radius 3 is 0.967 bits per heavy atom. The Bertz CT molecular complexity index is 1070. The van der Waals surface area contributed by atoms with Crippen molar-refractivity contribution in [1.82, 2.24) is 0 Å². The van der Waals surface area contributed by atoms with E-state index >= 15 is 0 Å². The summed E-state index contributed by atoms with van der Waals surface area (Å²) in [5.41, 5.74) is 12.8. The molecule has 0 unspecified atom stereocenters. The summed E-state index contributed by atoms with van der Waals surface area (Å²) in [6, 6.07) is 17.8. The number of nitrogens with zero attached hydrogens (tertiary/aromatic N) is 2. The van der Waals surface area contributed by atoms with E-state index in [1.165, 1.54) is 55.9 Å². The summed E-state index contributed by atoms with van der Waals surface area (Å²) < 4.78 is 4.44. The largest absolute Gasteiger partial charge is 0.216 e. The van der Waals surface area contributed by atoms with Gasteiger partial charge < -0.3 is 0 Å². The summed E-state index contributed by atoms with van der Waals surface area (Å²) in [7, 11) is 0. The molecule has 0 aliphatic rings. The Kier molecular flexibility index (Phi) is 5.26. The van der Waals surface area contributed by atoms with Gasteiger partial charge in [-0.1, -0.05) is 11.1 Å². The molecule has 0 fully saturated rings. The van der Waals surface area contributed by atoms with Gasteiger partial charge in [0, 0.05) is 46.5 Å². The van der Waals surface area contributed by atoms with E-state index < -0.39 is 0 Å². The van der Waals surface area contributed by atoms with Crippen molar-refractivity contribution < 1.29 is 9.13 Å². The maximum Gasteiger partial charge on any atom is 0.216 e. The van der Waals surface area contributed by atoms with Crippen molar-refractivity contribution in [2.24, 2.45) is 0 Å². The number of hydrogen-bond donors (Lipinski definition) is 0. The lowest BCUT2D eigenvalue weighted by Crippen LogP contribution is -2.32. The van der Waals surface area contributed by atoms with Gasteiger partial charge in [0.25, 0.3) is 0 Å². The molecule has 2 aromatic carbocycles. The molecule has 0 N–H and O–H groups in total. The fraction of sp³-hybridized carbons (Fsp3) is 0.214. The van der Waals surface area contributed by atoms with Gasteiger partial charge in [-0.15, -0.1) is 0 Å². The van der Waals surface area contributed by atoms with Crippen molar-refractivity contribution in [2.45, 2.75) is 41.5 Å². The Hall–Kier alpha value is -3.26. The number of aromatic nitrogens is 2. The van der Waals surface area contributed by atoms with Gasteiger partial charge in [0.1, 0.15) is 0 Å². The Balaban J connectivity index is 1.65. The van der Waals surface area contributed by atoms with Crippen LogP contribution < -0.4 is 9.13 Å². The van der Waals surface area contributed by atoms with Crippen molar-refractivity contribution in [3.63, 3.8) is 0 Å². The molecular weight excluding hydrogens is 364 g/mol. The van der Waals surface area contributed by atoms with E-state index in [1.807, 2.05) is 0 Å². The van der Waals surface area contributed by atoms with Gasteiger partial charge in [0.05, 0.1) is 0 Å². The van der Waals surface area contributed by atoms with E-state index in [-0.39, 0.29) is 0 Å².